The third kappa shape index (κ3) is 2.41. The molecule has 0 saturated heterocycles. The van der Waals surface area contributed by atoms with Gasteiger partial charge in [-0.05, 0) is 0 Å². The first kappa shape index (κ1) is 14.6. The number of aliphatic carboxylic acids is 1. The summed E-state index contributed by atoms with van der Waals surface area (Å²) in [5.74, 6) is -7.98. The summed E-state index contributed by atoms with van der Waals surface area (Å²) < 4.78 is 0. The molecule has 0 heterocycles. The lowest BCUT2D eigenvalue weighted by Gasteiger charge is -2.15. The van der Waals surface area contributed by atoms with Gasteiger partial charge in [-0.3, -0.25) is 35.1 Å². The SMILES string of the molecule is O=C(O)CC(CO)C([N+](=O)[O-])([N+](=O)[O-])[N+](=O)[O-]. The first-order valence-electron chi connectivity index (χ1n) is 3.97. The molecule has 0 amide bonds. The van der Waals surface area contributed by atoms with Gasteiger partial charge in [-0.25, -0.2) is 0 Å². The first-order valence-corrected chi connectivity index (χ1v) is 3.97. The molecular weight excluding hydrogens is 246 g/mol. The van der Waals surface area contributed by atoms with Gasteiger partial charge in [0, 0.05) is 0 Å². The van der Waals surface area contributed by atoms with Crippen molar-refractivity contribution in [1.29, 1.82) is 0 Å². The van der Waals surface area contributed by atoms with Crippen molar-refractivity contribution in [1.82, 2.24) is 0 Å². The fourth-order valence-corrected chi connectivity index (χ4v) is 1.18. The third-order valence-electron chi connectivity index (χ3n) is 2.00. The highest BCUT2D eigenvalue weighted by Crippen LogP contribution is 2.26. The maximum atomic E-state index is 10.5. The number of hydrogen-bond acceptors (Lipinski definition) is 8. The van der Waals surface area contributed by atoms with Crippen LogP contribution in [-0.2, 0) is 4.79 Å². The fraction of sp³-hybridized carbons (Fsp3) is 0.800. The molecule has 12 nitrogen and oxygen atoms in total. The van der Waals surface area contributed by atoms with E-state index in [1.54, 1.807) is 0 Å². The molecular formula is C5H7N3O9. The third-order valence-corrected chi connectivity index (χ3v) is 2.00. The molecule has 0 aromatic carbocycles. The molecule has 12 heteroatoms. The lowest BCUT2D eigenvalue weighted by atomic mass is 9.98. The zero-order chi connectivity index (χ0) is 13.8. The van der Waals surface area contributed by atoms with Crippen LogP contribution in [0.1, 0.15) is 6.42 Å². The number of rotatable bonds is 7. The van der Waals surface area contributed by atoms with Crippen molar-refractivity contribution in [3.8, 4) is 0 Å². The molecule has 1 atom stereocenters. The highest BCUT2D eigenvalue weighted by atomic mass is 16.7. The van der Waals surface area contributed by atoms with Gasteiger partial charge in [0.1, 0.15) is 0 Å². The molecule has 0 aliphatic rings. The lowest BCUT2D eigenvalue weighted by molar-refractivity contribution is -0.978. The lowest BCUT2D eigenvalue weighted by Crippen LogP contribution is -2.60. The van der Waals surface area contributed by atoms with E-state index in [-0.39, 0.29) is 0 Å². The molecule has 0 saturated carbocycles. The number of hydrogen-bond donors (Lipinski definition) is 2. The van der Waals surface area contributed by atoms with E-state index in [9.17, 15) is 35.1 Å². The van der Waals surface area contributed by atoms with E-state index in [1.807, 2.05) is 0 Å². The fourth-order valence-electron chi connectivity index (χ4n) is 1.18. The molecule has 0 aliphatic heterocycles. The molecule has 0 bridgehead atoms. The standard InChI is InChI=1S/C5H7N3O9/c9-2-3(1-4(10)11)5(6(12)13,7(14)15)8(16)17/h3,9H,1-2H2,(H,10,11). The average molecular weight is 253 g/mol. The second-order valence-corrected chi connectivity index (χ2v) is 2.94. The van der Waals surface area contributed by atoms with Gasteiger partial charge in [-0.2, -0.15) is 0 Å². The smallest absolute Gasteiger partial charge is 0.481 e. The highest BCUT2D eigenvalue weighted by molar-refractivity contribution is 5.67. The van der Waals surface area contributed by atoms with Gasteiger partial charge < -0.3 is 10.2 Å². The Kier molecular flexibility index (Phi) is 4.40. The molecule has 0 radical (unpaired) electrons. The van der Waals surface area contributed by atoms with Crippen molar-refractivity contribution in [3.05, 3.63) is 30.3 Å². The largest absolute Gasteiger partial charge is 0.705 e. The topological polar surface area (TPSA) is 187 Å². The monoisotopic (exact) mass is 253 g/mol. The van der Waals surface area contributed by atoms with Gasteiger partial charge in [0.25, 0.3) is 0 Å². The molecule has 2 N–H and O–H groups in total. The predicted octanol–water partition coefficient (Wildman–Crippen LogP) is -1.45. The minimum absolute atomic E-state index is 1.28. The maximum absolute atomic E-state index is 10.5. The van der Waals surface area contributed by atoms with Crippen LogP contribution in [0.15, 0.2) is 0 Å². The van der Waals surface area contributed by atoms with Crippen LogP contribution in [-0.4, -0.2) is 43.3 Å². The van der Waals surface area contributed by atoms with Gasteiger partial charge in [0.2, 0.25) is 5.92 Å². The van der Waals surface area contributed by atoms with Crippen LogP contribution >= 0.6 is 0 Å². The van der Waals surface area contributed by atoms with Gasteiger partial charge in [-0.1, -0.05) is 0 Å². The molecule has 0 rings (SSSR count). The summed E-state index contributed by atoms with van der Waals surface area (Å²) in [4.78, 5) is 36.3. The summed E-state index contributed by atoms with van der Waals surface area (Å²) in [7, 11) is 0. The van der Waals surface area contributed by atoms with E-state index in [0.717, 1.165) is 0 Å². The maximum Gasteiger partial charge on any atom is 0.705 e. The van der Waals surface area contributed by atoms with E-state index in [0.29, 0.717) is 0 Å². The van der Waals surface area contributed by atoms with Gasteiger partial charge in [-0.15, -0.1) is 0 Å². The Bertz CT molecular complexity index is 330. The average Bonchev–Trinajstić information content (AvgIpc) is 2.14. The molecule has 0 spiro atoms. The number of carbonyl (C=O) groups is 1. The minimum atomic E-state index is -3.97. The number of nitro groups is 3. The number of carboxylic acids is 1. The number of aliphatic hydroxyl groups is 1. The zero-order valence-electron chi connectivity index (χ0n) is 8.09. The van der Waals surface area contributed by atoms with E-state index in [4.69, 9.17) is 10.2 Å². The van der Waals surface area contributed by atoms with E-state index in [2.05, 4.69) is 0 Å². The van der Waals surface area contributed by atoms with Crippen molar-refractivity contribution in [2.24, 2.45) is 5.92 Å². The second-order valence-electron chi connectivity index (χ2n) is 2.94. The van der Waals surface area contributed by atoms with Gasteiger partial charge in [0.05, 0.1) is 13.0 Å². The number of aliphatic hydroxyl groups excluding tert-OH is 1. The quantitative estimate of drug-likeness (QED) is 0.310. The Morgan fingerprint density at radius 3 is 1.65 bits per heavy atom. The summed E-state index contributed by atoms with van der Waals surface area (Å²) in [5.41, 5.74) is 0. The van der Waals surface area contributed by atoms with Gasteiger partial charge >= 0.3 is 11.8 Å². The molecule has 0 fully saturated rings. The Balaban J connectivity index is 5.71. The van der Waals surface area contributed by atoms with Crippen LogP contribution in [0, 0.1) is 36.3 Å². The Labute approximate surface area is 91.9 Å². The Morgan fingerprint density at radius 2 is 1.47 bits per heavy atom. The zero-order valence-corrected chi connectivity index (χ0v) is 8.09. The predicted molar refractivity (Wildman–Crippen MR) is 46.5 cm³/mol. The summed E-state index contributed by atoms with van der Waals surface area (Å²) in [6.45, 7) is -1.38. The van der Waals surface area contributed by atoms with Crippen molar-refractivity contribution in [2.45, 2.75) is 12.2 Å². The van der Waals surface area contributed by atoms with Crippen LogP contribution in [0.5, 0.6) is 0 Å². The Hall–Kier alpha value is -2.37. The van der Waals surface area contributed by atoms with Crippen LogP contribution in [0.2, 0.25) is 0 Å². The molecule has 0 aromatic rings. The van der Waals surface area contributed by atoms with Crippen LogP contribution in [0.3, 0.4) is 0 Å². The van der Waals surface area contributed by atoms with E-state index >= 15 is 0 Å². The first-order chi connectivity index (χ1) is 7.71. The summed E-state index contributed by atoms with van der Waals surface area (Å²) in [6, 6.07) is 0. The molecule has 0 aliphatic carbocycles. The summed E-state index contributed by atoms with van der Waals surface area (Å²) in [5, 5.41) is 48.5. The summed E-state index contributed by atoms with van der Waals surface area (Å²) in [6.07, 6.45) is -1.28. The molecule has 1 unspecified atom stereocenters. The van der Waals surface area contributed by atoms with Crippen molar-refractivity contribution in [2.75, 3.05) is 6.61 Å². The molecule has 17 heavy (non-hydrogen) atoms. The van der Waals surface area contributed by atoms with E-state index in [1.165, 1.54) is 0 Å². The van der Waals surface area contributed by atoms with Crippen LogP contribution in [0.4, 0.5) is 0 Å². The van der Waals surface area contributed by atoms with Crippen molar-refractivity contribution in [3.63, 3.8) is 0 Å². The van der Waals surface area contributed by atoms with Crippen molar-refractivity contribution < 1.29 is 29.8 Å². The summed E-state index contributed by atoms with van der Waals surface area (Å²) >= 11 is 0. The number of nitrogens with zero attached hydrogens (tertiary/aromatic N) is 3. The normalized spacial score (nSPS) is 12.8. The van der Waals surface area contributed by atoms with Gasteiger partial charge in [0.15, 0.2) is 14.8 Å². The van der Waals surface area contributed by atoms with Crippen LogP contribution < -0.4 is 0 Å². The van der Waals surface area contributed by atoms with Crippen molar-refractivity contribution >= 4 is 5.97 Å². The second kappa shape index (κ2) is 5.11. The van der Waals surface area contributed by atoms with Crippen LogP contribution in [0.25, 0.3) is 0 Å². The molecule has 0 aromatic heterocycles. The van der Waals surface area contributed by atoms with E-state index < -0.39 is 45.5 Å². The highest BCUT2D eigenvalue weighted by Gasteiger charge is 2.76. The number of carboxylic acid groups (broad SMARTS) is 1. The molecule has 96 valence electrons. The minimum Gasteiger partial charge on any atom is -0.481 e. The Morgan fingerprint density at radius 1 is 1.12 bits per heavy atom.